The maximum atomic E-state index is 11.8. The Balaban J connectivity index is 0.00000392. The van der Waals surface area contributed by atoms with Crippen molar-refractivity contribution < 1.29 is 4.79 Å². The molecule has 8 heteroatoms. The van der Waals surface area contributed by atoms with Crippen LogP contribution in [0.4, 0.5) is 0 Å². The van der Waals surface area contributed by atoms with E-state index in [2.05, 4.69) is 33.0 Å². The van der Waals surface area contributed by atoms with Gasteiger partial charge in [0.1, 0.15) is 0 Å². The lowest BCUT2D eigenvalue weighted by molar-refractivity contribution is 0.0956. The van der Waals surface area contributed by atoms with Crippen LogP contribution in [0.1, 0.15) is 46.7 Å². The van der Waals surface area contributed by atoms with Gasteiger partial charge in [-0.1, -0.05) is 12.1 Å². The van der Waals surface area contributed by atoms with Crippen LogP contribution >= 0.6 is 24.0 Å². The Morgan fingerprint density at radius 1 is 1.07 bits per heavy atom. The van der Waals surface area contributed by atoms with E-state index < -0.39 is 0 Å². The summed E-state index contributed by atoms with van der Waals surface area (Å²) in [7, 11) is 1.95. The van der Waals surface area contributed by atoms with Crippen molar-refractivity contribution in [3.63, 3.8) is 0 Å². The highest BCUT2D eigenvalue weighted by atomic mass is 127. The summed E-state index contributed by atoms with van der Waals surface area (Å²) in [6.45, 7) is 10.7. The first kappa shape index (κ1) is 23.9. The lowest BCUT2D eigenvalue weighted by Crippen LogP contribution is -2.37. The summed E-state index contributed by atoms with van der Waals surface area (Å²) < 4.78 is 1.90. The van der Waals surface area contributed by atoms with Crippen LogP contribution < -0.4 is 16.0 Å². The van der Waals surface area contributed by atoms with E-state index in [1.54, 1.807) is 0 Å². The molecule has 1 aromatic heterocycles. The zero-order valence-corrected chi connectivity index (χ0v) is 19.6. The van der Waals surface area contributed by atoms with E-state index in [4.69, 9.17) is 0 Å². The van der Waals surface area contributed by atoms with E-state index in [-0.39, 0.29) is 29.9 Å². The predicted molar refractivity (Wildman–Crippen MR) is 124 cm³/mol. The average molecular weight is 498 g/mol. The maximum Gasteiger partial charge on any atom is 0.251 e. The number of aliphatic imine (C=N–C) groups is 1. The molecular formula is C20H31IN6O. The minimum absolute atomic E-state index is 0. The Hall–Kier alpha value is -2.10. The number of aryl methyl sites for hydroxylation is 2. The number of nitrogens with zero attached hydrogens (tertiary/aromatic N) is 3. The van der Waals surface area contributed by atoms with Gasteiger partial charge in [0.25, 0.3) is 5.91 Å². The van der Waals surface area contributed by atoms with Crippen molar-refractivity contribution in [2.75, 3.05) is 13.1 Å². The van der Waals surface area contributed by atoms with Crippen LogP contribution in [0.25, 0.3) is 0 Å². The Bertz CT molecular complexity index is 798. The number of nitrogens with one attached hydrogen (secondary N) is 3. The highest BCUT2D eigenvalue weighted by Gasteiger charge is 2.10. The van der Waals surface area contributed by atoms with Gasteiger partial charge >= 0.3 is 0 Å². The zero-order chi connectivity index (χ0) is 19.8. The van der Waals surface area contributed by atoms with Crippen molar-refractivity contribution in [1.82, 2.24) is 25.7 Å². The molecule has 7 nitrogen and oxygen atoms in total. The molecule has 1 heterocycles. The van der Waals surface area contributed by atoms with Crippen molar-refractivity contribution in [3.8, 4) is 0 Å². The van der Waals surface area contributed by atoms with Gasteiger partial charge in [-0.25, -0.2) is 4.99 Å². The second-order valence-electron chi connectivity index (χ2n) is 6.38. The first-order chi connectivity index (χ1) is 13.0. The van der Waals surface area contributed by atoms with Crippen LogP contribution in [0.2, 0.25) is 0 Å². The SMILES string of the molecule is CCNC(=O)c1ccc(CN=C(NCC)NCc2c(C)nn(C)c2C)cc1.I. The van der Waals surface area contributed by atoms with Crippen molar-refractivity contribution in [3.05, 3.63) is 52.3 Å². The number of guanidine groups is 1. The molecule has 2 rings (SSSR count). The first-order valence-corrected chi connectivity index (χ1v) is 9.34. The van der Waals surface area contributed by atoms with Crippen LogP contribution in [0.15, 0.2) is 29.3 Å². The van der Waals surface area contributed by atoms with Gasteiger partial charge in [-0.15, -0.1) is 24.0 Å². The normalized spacial score (nSPS) is 11.0. The van der Waals surface area contributed by atoms with E-state index in [0.29, 0.717) is 25.2 Å². The van der Waals surface area contributed by atoms with Crippen LogP contribution in [-0.2, 0) is 20.1 Å². The van der Waals surface area contributed by atoms with Crippen molar-refractivity contribution in [1.29, 1.82) is 0 Å². The Labute approximate surface area is 184 Å². The molecule has 0 aliphatic carbocycles. The maximum absolute atomic E-state index is 11.8. The lowest BCUT2D eigenvalue weighted by Gasteiger charge is -2.12. The highest BCUT2D eigenvalue weighted by molar-refractivity contribution is 14.0. The number of carbonyl (C=O) groups excluding carboxylic acids is 1. The number of carbonyl (C=O) groups is 1. The third kappa shape index (κ3) is 6.50. The first-order valence-electron chi connectivity index (χ1n) is 9.34. The molecule has 28 heavy (non-hydrogen) atoms. The molecule has 0 aliphatic rings. The van der Waals surface area contributed by atoms with E-state index in [1.807, 2.05) is 56.8 Å². The van der Waals surface area contributed by atoms with Crippen molar-refractivity contribution in [2.45, 2.75) is 40.8 Å². The zero-order valence-electron chi connectivity index (χ0n) is 17.3. The molecule has 0 atom stereocenters. The predicted octanol–water partition coefficient (Wildman–Crippen LogP) is 2.66. The molecular weight excluding hydrogens is 467 g/mol. The van der Waals surface area contributed by atoms with Crippen LogP contribution in [0.3, 0.4) is 0 Å². The van der Waals surface area contributed by atoms with E-state index >= 15 is 0 Å². The number of amides is 1. The van der Waals surface area contributed by atoms with E-state index in [9.17, 15) is 4.79 Å². The number of halogens is 1. The van der Waals surface area contributed by atoms with Crippen LogP contribution in [-0.4, -0.2) is 34.7 Å². The van der Waals surface area contributed by atoms with Gasteiger partial charge in [-0.3, -0.25) is 9.48 Å². The number of hydrogen-bond donors (Lipinski definition) is 3. The van der Waals surface area contributed by atoms with Gasteiger partial charge in [-0.2, -0.15) is 5.10 Å². The smallest absolute Gasteiger partial charge is 0.251 e. The third-order valence-electron chi connectivity index (χ3n) is 4.41. The lowest BCUT2D eigenvalue weighted by atomic mass is 10.1. The highest BCUT2D eigenvalue weighted by Crippen LogP contribution is 2.11. The van der Waals surface area contributed by atoms with Gasteiger partial charge in [0, 0.05) is 43.5 Å². The molecule has 154 valence electrons. The fraction of sp³-hybridized carbons (Fsp3) is 0.450. The Kier molecular flexibility index (Phi) is 9.98. The Morgan fingerprint density at radius 2 is 1.71 bits per heavy atom. The molecule has 1 aromatic carbocycles. The molecule has 0 aliphatic heterocycles. The summed E-state index contributed by atoms with van der Waals surface area (Å²) in [5, 5.41) is 13.9. The number of rotatable bonds is 7. The molecule has 0 unspecified atom stereocenters. The molecule has 1 amide bonds. The van der Waals surface area contributed by atoms with Crippen molar-refractivity contribution >= 4 is 35.8 Å². The molecule has 0 saturated heterocycles. The molecule has 0 saturated carbocycles. The summed E-state index contributed by atoms with van der Waals surface area (Å²) in [6, 6.07) is 7.54. The summed E-state index contributed by atoms with van der Waals surface area (Å²) in [5.41, 5.74) is 5.08. The van der Waals surface area contributed by atoms with Gasteiger partial charge in [0.2, 0.25) is 0 Å². The van der Waals surface area contributed by atoms with Gasteiger partial charge in [0.05, 0.1) is 12.2 Å². The molecule has 2 aromatic rings. The molecule has 0 spiro atoms. The summed E-state index contributed by atoms with van der Waals surface area (Å²) in [5.74, 6) is 0.706. The molecule has 0 bridgehead atoms. The van der Waals surface area contributed by atoms with Crippen LogP contribution in [0, 0.1) is 13.8 Å². The second kappa shape index (κ2) is 11.7. The van der Waals surface area contributed by atoms with Gasteiger partial charge < -0.3 is 16.0 Å². The molecule has 0 radical (unpaired) electrons. The third-order valence-corrected chi connectivity index (χ3v) is 4.41. The largest absolute Gasteiger partial charge is 0.357 e. The van der Waals surface area contributed by atoms with E-state index in [1.165, 1.54) is 5.56 Å². The molecule has 3 N–H and O–H groups in total. The van der Waals surface area contributed by atoms with Crippen molar-refractivity contribution in [2.24, 2.45) is 12.0 Å². The van der Waals surface area contributed by atoms with Gasteiger partial charge in [0.15, 0.2) is 5.96 Å². The average Bonchev–Trinajstić information content (AvgIpc) is 2.90. The topological polar surface area (TPSA) is 83.3 Å². The summed E-state index contributed by atoms with van der Waals surface area (Å²) >= 11 is 0. The minimum Gasteiger partial charge on any atom is -0.357 e. The number of aromatic nitrogens is 2. The van der Waals surface area contributed by atoms with Gasteiger partial charge in [-0.05, 0) is 45.4 Å². The number of benzene rings is 1. The molecule has 0 fully saturated rings. The standard InChI is InChI=1S/C20H30N6O.HI/c1-6-21-19(27)17-10-8-16(9-11-17)12-23-20(22-7-2)24-13-18-14(3)25-26(5)15(18)4;/h8-11H,6-7,12-13H2,1-5H3,(H,21,27)(H2,22,23,24);1H. The minimum atomic E-state index is -0.0511. The number of hydrogen-bond acceptors (Lipinski definition) is 3. The summed E-state index contributed by atoms with van der Waals surface area (Å²) in [4.78, 5) is 16.5. The van der Waals surface area contributed by atoms with E-state index in [0.717, 1.165) is 29.5 Å². The quantitative estimate of drug-likeness (QED) is 0.312. The summed E-state index contributed by atoms with van der Waals surface area (Å²) in [6.07, 6.45) is 0. The fourth-order valence-electron chi connectivity index (χ4n) is 2.78. The Morgan fingerprint density at radius 3 is 2.25 bits per heavy atom. The fourth-order valence-corrected chi connectivity index (χ4v) is 2.78. The van der Waals surface area contributed by atoms with Crippen LogP contribution in [0.5, 0.6) is 0 Å². The monoisotopic (exact) mass is 498 g/mol. The second-order valence-corrected chi connectivity index (χ2v) is 6.38.